The largest absolute Gasteiger partial charge is 0.457 e. The van der Waals surface area contributed by atoms with Crippen LogP contribution < -0.4 is 10.1 Å². The number of benzene rings is 3. The van der Waals surface area contributed by atoms with Crippen LogP contribution in [0.25, 0.3) is 10.9 Å². The summed E-state index contributed by atoms with van der Waals surface area (Å²) in [6.45, 7) is 2.50. The van der Waals surface area contributed by atoms with Gasteiger partial charge in [0.25, 0.3) is 0 Å². The van der Waals surface area contributed by atoms with E-state index >= 15 is 0 Å². The fraction of sp³-hybridized carbons (Fsp3) is 0.154. The zero-order valence-corrected chi connectivity index (χ0v) is 17.3. The van der Waals surface area contributed by atoms with Gasteiger partial charge >= 0.3 is 0 Å². The predicted octanol–water partition coefficient (Wildman–Crippen LogP) is 5.17. The number of amides is 1. The fourth-order valence-corrected chi connectivity index (χ4v) is 3.58. The first-order chi connectivity index (χ1) is 15.1. The molecule has 1 heterocycles. The Morgan fingerprint density at radius 1 is 1.00 bits per heavy atom. The van der Waals surface area contributed by atoms with Crippen molar-refractivity contribution in [3.05, 3.63) is 96.2 Å². The van der Waals surface area contributed by atoms with Gasteiger partial charge in [-0.25, -0.2) is 0 Å². The lowest BCUT2D eigenvalue weighted by Gasteiger charge is -2.16. The zero-order chi connectivity index (χ0) is 21.6. The molecule has 0 aliphatic rings. The molecule has 5 heteroatoms. The summed E-state index contributed by atoms with van der Waals surface area (Å²) < 4.78 is 7.86. The zero-order valence-electron chi connectivity index (χ0n) is 17.3. The number of fused-ring (bicyclic) bond motifs is 1. The second-order valence-corrected chi connectivity index (χ2v) is 7.44. The third kappa shape index (κ3) is 4.83. The van der Waals surface area contributed by atoms with Gasteiger partial charge in [0.15, 0.2) is 0 Å². The van der Waals surface area contributed by atoms with Crippen molar-refractivity contribution in [1.29, 1.82) is 0 Å². The van der Waals surface area contributed by atoms with E-state index in [0.717, 1.165) is 23.6 Å². The Hall–Kier alpha value is -3.86. The molecule has 3 aromatic carbocycles. The summed E-state index contributed by atoms with van der Waals surface area (Å²) in [5.74, 6) is 1.27. The van der Waals surface area contributed by atoms with Crippen LogP contribution in [0.3, 0.4) is 0 Å². The number of rotatable bonds is 8. The van der Waals surface area contributed by atoms with Gasteiger partial charge in [-0.05, 0) is 55.3 Å². The topological polar surface area (TPSA) is 60.3 Å². The maximum atomic E-state index is 12.7. The highest BCUT2D eigenvalue weighted by molar-refractivity contribution is 5.86. The average molecular weight is 412 g/mol. The van der Waals surface area contributed by atoms with E-state index in [1.54, 1.807) is 18.2 Å². The highest BCUT2D eigenvalue weighted by Gasteiger charge is 2.16. The number of nitrogens with one attached hydrogen (secondary N) is 1. The average Bonchev–Trinajstić information content (AvgIpc) is 3.22. The second kappa shape index (κ2) is 9.30. The van der Waals surface area contributed by atoms with Crippen molar-refractivity contribution in [3.63, 3.8) is 0 Å². The van der Waals surface area contributed by atoms with Crippen LogP contribution in [0.5, 0.6) is 11.5 Å². The summed E-state index contributed by atoms with van der Waals surface area (Å²) in [5.41, 5.74) is 2.73. The molecule has 1 aromatic heterocycles. The van der Waals surface area contributed by atoms with Gasteiger partial charge in [-0.3, -0.25) is 9.59 Å². The standard InChI is InChI=1S/C26H24N2O3/c1-19(26(30)27-14-12-20-6-3-2-4-7-20)28-15-13-22-17-24(10-11-25(22)28)31-23-9-5-8-21(16-23)18-29/h2-11,13,15-19H,12,14H2,1H3,(H,27,30). The smallest absolute Gasteiger partial charge is 0.242 e. The van der Waals surface area contributed by atoms with E-state index < -0.39 is 0 Å². The Labute approximate surface area is 181 Å². The number of carbonyl (C=O) groups excluding carboxylic acids is 2. The molecular formula is C26H24N2O3. The first-order valence-corrected chi connectivity index (χ1v) is 10.3. The number of aromatic nitrogens is 1. The summed E-state index contributed by atoms with van der Waals surface area (Å²) in [5, 5.41) is 4.01. The fourth-order valence-electron chi connectivity index (χ4n) is 3.58. The number of carbonyl (C=O) groups is 2. The van der Waals surface area contributed by atoms with Crippen molar-refractivity contribution >= 4 is 23.1 Å². The molecule has 0 spiro atoms. The van der Waals surface area contributed by atoms with Gasteiger partial charge in [0.2, 0.25) is 5.91 Å². The van der Waals surface area contributed by atoms with Crippen molar-refractivity contribution in [3.8, 4) is 11.5 Å². The maximum Gasteiger partial charge on any atom is 0.242 e. The van der Waals surface area contributed by atoms with Crippen molar-refractivity contribution in [2.24, 2.45) is 0 Å². The first kappa shape index (κ1) is 20.4. The molecule has 0 aliphatic carbocycles. The van der Waals surface area contributed by atoms with Gasteiger partial charge in [0.05, 0.1) is 0 Å². The monoisotopic (exact) mass is 412 g/mol. The summed E-state index contributed by atoms with van der Waals surface area (Å²) in [6.07, 6.45) is 3.52. The van der Waals surface area contributed by atoms with Crippen molar-refractivity contribution < 1.29 is 14.3 Å². The Bertz CT molecular complexity index is 1200. The van der Waals surface area contributed by atoms with Crippen LogP contribution in [0.4, 0.5) is 0 Å². The summed E-state index contributed by atoms with van der Waals surface area (Å²) in [6, 6.07) is 24.5. The van der Waals surface area contributed by atoms with E-state index in [9.17, 15) is 9.59 Å². The van der Waals surface area contributed by atoms with Gasteiger partial charge in [-0.1, -0.05) is 42.5 Å². The van der Waals surface area contributed by atoms with Crippen molar-refractivity contribution in [2.75, 3.05) is 6.54 Å². The molecule has 4 aromatic rings. The van der Waals surface area contributed by atoms with Crippen LogP contribution in [0.1, 0.15) is 28.9 Å². The van der Waals surface area contributed by atoms with E-state index in [2.05, 4.69) is 17.4 Å². The highest BCUT2D eigenvalue weighted by atomic mass is 16.5. The molecule has 4 rings (SSSR count). The van der Waals surface area contributed by atoms with Crippen LogP contribution in [0, 0.1) is 0 Å². The molecule has 31 heavy (non-hydrogen) atoms. The second-order valence-electron chi connectivity index (χ2n) is 7.44. The first-order valence-electron chi connectivity index (χ1n) is 10.3. The molecule has 156 valence electrons. The van der Waals surface area contributed by atoms with Crippen molar-refractivity contribution in [1.82, 2.24) is 9.88 Å². The van der Waals surface area contributed by atoms with Gasteiger partial charge in [0.1, 0.15) is 23.8 Å². The number of hydrogen-bond acceptors (Lipinski definition) is 3. The number of hydrogen-bond donors (Lipinski definition) is 1. The molecule has 1 atom stereocenters. The van der Waals surface area contributed by atoms with Gasteiger partial charge in [0, 0.05) is 29.2 Å². The molecule has 0 bridgehead atoms. The molecule has 0 fully saturated rings. The molecular weight excluding hydrogens is 388 g/mol. The minimum atomic E-state index is -0.329. The molecule has 5 nitrogen and oxygen atoms in total. The highest BCUT2D eigenvalue weighted by Crippen LogP contribution is 2.28. The van der Waals surface area contributed by atoms with Crippen LogP contribution in [0.2, 0.25) is 0 Å². The molecule has 0 radical (unpaired) electrons. The molecule has 1 unspecified atom stereocenters. The Morgan fingerprint density at radius 3 is 2.61 bits per heavy atom. The lowest BCUT2D eigenvalue weighted by Crippen LogP contribution is -2.32. The van der Waals surface area contributed by atoms with Crippen LogP contribution in [-0.2, 0) is 11.2 Å². The number of ether oxygens (including phenoxy) is 1. The third-order valence-electron chi connectivity index (χ3n) is 5.27. The SMILES string of the molecule is CC(C(=O)NCCc1ccccc1)n1ccc2cc(Oc3cccc(C=O)c3)ccc21. The number of nitrogens with zero attached hydrogens (tertiary/aromatic N) is 1. The summed E-state index contributed by atoms with van der Waals surface area (Å²) in [4.78, 5) is 23.6. The van der Waals surface area contributed by atoms with Gasteiger partial charge in [-0.15, -0.1) is 0 Å². The van der Waals surface area contributed by atoms with Crippen LogP contribution in [0.15, 0.2) is 85.1 Å². The maximum absolute atomic E-state index is 12.7. The summed E-state index contributed by atoms with van der Waals surface area (Å²) in [7, 11) is 0. The van der Waals surface area contributed by atoms with Crippen LogP contribution in [-0.4, -0.2) is 23.3 Å². The van der Waals surface area contributed by atoms with E-state index in [0.29, 0.717) is 23.6 Å². The molecule has 0 saturated heterocycles. The van der Waals surface area contributed by atoms with E-state index in [-0.39, 0.29) is 11.9 Å². The lowest BCUT2D eigenvalue weighted by atomic mass is 10.1. The molecule has 0 saturated carbocycles. The van der Waals surface area contributed by atoms with Gasteiger partial charge < -0.3 is 14.6 Å². The molecule has 1 N–H and O–H groups in total. The van der Waals surface area contributed by atoms with Crippen LogP contribution >= 0.6 is 0 Å². The normalized spacial score (nSPS) is 11.8. The van der Waals surface area contributed by atoms with Crippen molar-refractivity contribution in [2.45, 2.75) is 19.4 Å². The van der Waals surface area contributed by atoms with E-state index in [1.807, 2.05) is 66.2 Å². The van der Waals surface area contributed by atoms with E-state index in [1.165, 1.54) is 5.56 Å². The molecule has 0 aliphatic heterocycles. The Morgan fingerprint density at radius 2 is 1.81 bits per heavy atom. The quantitative estimate of drug-likeness (QED) is 0.406. The predicted molar refractivity (Wildman–Crippen MR) is 122 cm³/mol. The lowest BCUT2D eigenvalue weighted by molar-refractivity contribution is -0.123. The summed E-state index contributed by atoms with van der Waals surface area (Å²) >= 11 is 0. The van der Waals surface area contributed by atoms with Gasteiger partial charge in [-0.2, -0.15) is 0 Å². The Balaban J connectivity index is 1.43. The number of aldehydes is 1. The third-order valence-corrected chi connectivity index (χ3v) is 5.27. The van der Waals surface area contributed by atoms with E-state index in [4.69, 9.17) is 4.74 Å². The minimum Gasteiger partial charge on any atom is -0.457 e. The Kier molecular flexibility index (Phi) is 6.13. The molecule has 1 amide bonds. The minimum absolute atomic E-state index is 0.0144.